The second-order valence-corrected chi connectivity index (χ2v) is 31.6. The number of hydrogen-bond acceptors (Lipinski definition) is 6. The van der Waals surface area contributed by atoms with Crippen LogP contribution < -0.4 is 0 Å². The first-order valence-corrected chi connectivity index (χ1v) is 44.0. The second-order valence-electron chi connectivity index (χ2n) is 27.2. The molecule has 0 spiro atoms. The van der Waals surface area contributed by atoms with Gasteiger partial charge in [-0.25, -0.2) is 0 Å². The molecule has 2 aromatic rings. The fourth-order valence-electron chi connectivity index (χ4n) is 12.5. The molecule has 0 saturated carbocycles. The molecule has 2 N–H and O–H groups in total. The zero-order valence-electron chi connectivity index (χ0n) is 60.1. The lowest BCUT2D eigenvalue weighted by Gasteiger charge is -2.14. The average molecular weight is 1300 g/mol. The van der Waals surface area contributed by atoms with E-state index in [1.807, 2.05) is 47.0 Å². The minimum Gasteiger partial charge on any atom is -0.507 e. The molecule has 6 heteroatoms. The van der Waals surface area contributed by atoms with Gasteiger partial charge in [-0.3, -0.25) is 0 Å². The second kappa shape index (κ2) is 69.3. The number of phenolic OH excluding ortho intramolecular Hbond substituents is 2. The van der Waals surface area contributed by atoms with E-state index in [1.165, 1.54) is 416 Å². The summed E-state index contributed by atoms with van der Waals surface area (Å²) in [7, 11) is 0. The Kier molecular flexibility index (Phi) is 67.3. The lowest BCUT2D eigenvalue weighted by molar-refractivity contribution is 0.465. The summed E-state index contributed by atoms with van der Waals surface area (Å²) < 4.78 is 0. The van der Waals surface area contributed by atoms with Crippen molar-refractivity contribution in [2.45, 2.75) is 424 Å². The van der Waals surface area contributed by atoms with E-state index in [4.69, 9.17) is 0 Å². The summed E-state index contributed by atoms with van der Waals surface area (Å²) in [6.07, 6.45) is 77.3. The van der Waals surface area contributed by atoms with Gasteiger partial charge in [-0.15, -0.1) is 0 Å². The van der Waals surface area contributed by atoms with Gasteiger partial charge in [0.15, 0.2) is 0 Å². The summed E-state index contributed by atoms with van der Waals surface area (Å²) in [6.45, 7) is 13.8. The summed E-state index contributed by atoms with van der Waals surface area (Å²) in [5.74, 6) is 9.94. The fourth-order valence-corrected chi connectivity index (χ4v) is 16.4. The first kappa shape index (κ1) is 85.5. The molecular formula is C82H152O2S4. The van der Waals surface area contributed by atoms with Crippen LogP contribution in [0.5, 0.6) is 11.5 Å². The van der Waals surface area contributed by atoms with Gasteiger partial charge < -0.3 is 10.2 Å². The molecule has 2 rings (SSSR count). The maximum absolute atomic E-state index is 11.2. The van der Waals surface area contributed by atoms with Gasteiger partial charge in [-0.05, 0) is 85.5 Å². The molecule has 0 amide bonds. The van der Waals surface area contributed by atoms with Crippen LogP contribution in [-0.4, -0.2) is 33.2 Å². The summed E-state index contributed by atoms with van der Waals surface area (Å²) in [5, 5.41) is 22.5. The van der Waals surface area contributed by atoms with E-state index < -0.39 is 0 Å². The number of benzene rings is 2. The first-order valence-electron chi connectivity index (χ1n) is 39.4. The van der Waals surface area contributed by atoms with Gasteiger partial charge in [0, 0.05) is 45.3 Å². The zero-order chi connectivity index (χ0) is 63.5. The Hall–Kier alpha value is -0.560. The molecule has 0 heterocycles. The number of rotatable bonds is 68. The van der Waals surface area contributed by atoms with Crippen LogP contribution in [0.1, 0.15) is 422 Å². The standard InChI is InChI=1S/2C41H76OS2/c2*1-4-7-10-13-16-18-20-23-26-29-32-43-36-39-34-38(31-28-25-22-15-12-9-6-3)35-40(41(39)42)37-44-33-30-27-24-21-19-17-14-11-8-5-2/h2*34-35,42H,4-33,36-37H2,1-3H3. The predicted molar refractivity (Wildman–Crippen MR) is 412 cm³/mol. The van der Waals surface area contributed by atoms with Crippen molar-refractivity contribution in [1.29, 1.82) is 0 Å². The predicted octanol–water partition coefficient (Wildman–Crippen LogP) is 30.0. The van der Waals surface area contributed by atoms with E-state index in [9.17, 15) is 10.2 Å². The van der Waals surface area contributed by atoms with E-state index in [0.717, 1.165) is 23.0 Å². The van der Waals surface area contributed by atoms with E-state index in [1.54, 1.807) is 0 Å². The molecule has 0 aliphatic carbocycles. The molecule has 2 nitrogen and oxygen atoms in total. The van der Waals surface area contributed by atoms with Gasteiger partial charge in [0.25, 0.3) is 0 Å². The van der Waals surface area contributed by atoms with Gasteiger partial charge >= 0.3 is 0 Å². The summed E-state index contributed by atoms with van der Waals surface area (Å²) in [6, 6.07) is 9.37. The van der Waals surface area contributed by atoms with Gasteiger partial charge in [0.2, 0.25) is 0 Å². The fraction of sp³-hybridized carbons (Fsp3) is 0.854. The van der Waals surface area contributed by atoms with E-state index in [-0.39, 0.29) is 0 Å². The highest BCUT2D eigenvalue weighted by Crippen LogP contribution is 2.34. The smallest absolute Gasteiger partial charge is 0.123 e. The Bertz CT molecular complexity index is 1490. The summed E-state index contributed by atoms with van der Waals surface area (Å²) in [4.78, 5) is 0. The van der Waals surface area contributed by atoms with Crippen LogP contribution in [0.15, 0.2) is 24.3 Å². The molecule has 88 heavy (non-hydrogen) atoms. The maximum atomic E-state index is 11.2. The molecule has 0 aliphatic rings. The Labute approximate surface area is 569 Å². The molecule has 0 saturated heterocycles. The summed E-state index contributed by atoms with van der Waals surface area (Å²) in [5.41, 5.74) is 7.68. The normalized spacial score (nSPS) is 11.5. The van der Waals surface area contributed by atoms with Crippen LogP contribution in [0.3, 0.4) is 0 Å². The van der Waals surface area contributed by atoms with Crippen molar-refractivity contribution in [2.24, 2.45) is 0 Å². The van der Waals surface area contributed by atoms with Crippen LogP contribution in [0, 0.1) is 0 Å². The topological polar surface area (TPSA) is 40.5 Å². The van der Waals surface area contributed by atoms with Gasteiger partial charge in [0.1, 0.15) is 11.5 Å². The van der Waals surface area contributed by atoms with Crippen molar-refractivity contribution in [3.63, 3.8) is 0 Å². The minimum absolute atomic E-state index is 0.597. The van der Waals surface area contributed by atoms with E-state index in [2.05, 4.69) is 65.8 Å². The molecule has 0 atom stereocenters. The van der Waals surface area contributed by atoms with Crippen molar-refractivity contribution < 1.29 is 10.2 Å². The largest absolute Gasteiger partial charge is 0.507 e. The van der Waals surface area contributed by atoms with Crippen molar-refractivity contribution in [3.8, 4) is 11.5 Å². The van der Waals surface area contributed by atoms with Crippen molar-refractivity contribution in [3.05, 3.63) is 57.6 Å². The van der Waals surface area contributed by atoms with Crippen LogP contribution in [0.25, 0.3) is 0 Å². The molecule has 0 fully saturated rings. The first-order chi connectivity index (χ1) is 43.4. The van der Waals surface area contributed by atoms with Crippen LogP contribution in [0.4, 0.5) is 0 Å². The highest BCUT2D eigenvalue weighted by atomic mass is 32.2. The number of phenols is 2. The van der Waals surface area contributed by atoms with E-state index >= 15 is 0 Å². The molecule has 516 valence electrons. The van der Waals surface area contributed by atoms with E-state index in [0.29, 0.717) is 11.5 Å². The Morgan fingerprint density at radius 2 is 0.352 bits per heavy atom. The zero-order valence-corrected chi connectivity index (χ0v) is 63.4. The number of hydrogen-bond donors (Lipinski definition) is 2. The lowest BCUT2D eigenvalue weighted by Crippen LogP contribution is -1.96. The number of aryl methyl sites for hydroxylation is 2. The van der Waals surface area contributed by atoms with Crippen LogP contribution in [0.2, 0.25) is 0 Å². The Morgan fingerprint density at radius 3 is 0.523 bits per heavy atom. The van der Waals surface area contributed by atoms with Crippen LogP contribution >= 0.6 is 47.0 Å². The highest BCUT2D eigenvalue weighted by molar-refractivity contribution is 7.99. The third-order valence-corrected chi connectivity index (χ3v) is 22.8. The maximum Gasteiger partial charge on any atom is 0.123 e. The molecule has 0 aliphatic heterocycles. The molecule has 0 aromatic heterocycles. The van der Waals surface area contributed by atoms with Crippen molar-refractivity contribution in [2.75, 3.05) is 23.0 Å². The minimum atomic E-state index is 0.597. The molecular weight excluding hydrogens is 1150 g/mol. The number of aromatic hydroxyl groups is 2. The van der Waals surface area contributed by atoms with Crippen molar-refractivity contribution in [1.82, 2.24) is 0 Å². The third kappa shape index (κ3) is 54.8. The van der Waals surface area contributed by atoms with Crippen molar-refractivity contribution >= 4 is 47.0 Å². The quantitative estimate of drug-likeness (QED) is 0.0644. The summed E-state index contributed by atoms with van der Waals surface area (Å²) >= 11 is 8.14. The monoisotopic (exact) mass is 1300 g/mol. The molecule has 0 bridgehead atoms. The molecule has 2 aromatic carbocycles. The highest BCUT2D eigenvalue weighted by Gasteiger charge is 2.14. The van der Waals surface area contributed by atoms with Gasteiger partial charge in [0.05, 0.1) is 0 Å². The Morgan fingerprint density at radius 1 is 0.205 bits per heavy atom. The molecule has 0 unspecified atom stereocenters. The third-order valence-electron chi connectivity index (χ3n) is 18.4. The lowest BCUT2D eigenvalue weighted by atomic mass is 10.00. The average Bonchev–Trinajstić information content (AvgIpc) is 3.30. The number of thioether (sulfide) groups is 4. The Balaban J connectivity index is 0.000000880. The van der Waals surface area contributed by atoms with Gasteiger partial charge in [-0.2, -0.15) is 47.0 Å². The van der Waals surface area contributed by atoms with Gasteiger partial charge in [-0.1, -0.05) is 374 Å². The number of unbranched alkanes of at least 4 members (excludes halogenated alkanes) is 48. The SMILES string of the molecule is CCCCCCCCCCCCSCc1cc(CCCCCCCCC)cc(CSCCCCCCCCCCCC)c1O.CCCCCCCCCCCCSCc1cc(CCCCCCCCC)cc(CSCCCCCCCCCCCC)c1O. The van der Waals surface area contributed by atoms with Crippen LogP contribution in [-0.2, 0) is 35.9 Å². The molecule has 0 radical (unpaired) electrons.